The van der Waals surface area contributed by atoms with E-state index in [0.29, 0.717) is 0 Å². The summed E-state index contributed by atoms with van der Waals surface area (Å²) in [5, 5.41) is 1.01. The van der Waals surface area contributed by atoms with Crippen molar-refractivity contribution in [3.8, 4) is 0 Å². The first-order valence-corrected chi connectivity index (χ1v) is 3.43. The highest BCUT2D eigenvalue weighted by Crippen LogP contribution is 2.00. The van der Waals surface area contributed by atoms with Crippen molar-refractivity contribution in [1.82, 2.24) is 4.57 Å². The molecule has 1 rings (SSSR count). The topological polar surface area (TPSA) is 8.81 Å². The van der Waals surface area contributed by atoms with E-state index in [9.17, 15) is 0 Å². The van der Waals surface area contributed by atoms with Gasteiger partial charge in [-0.15, -0.1) is 0 Å². The Balaban J connectivity index is 3.01. The molecule has 0 atom stereocenters. The lowest BCUT2D eigenvalue weighted by Gasteiger charge is -1.86. The second kappa shape index (κ2) is 2.43. The van der Waals surface area contributed by atoms with Crippen LogP contribution in [0.3, 0.4) is 0 Å². The average molecular weight is 143 g/mol. The first-order chi connectivity index (χ1) is 4.24. The fourth-order valence-corrected chi connectivity index (χ4v) is 1.19. The van der Waals surface area contributed by atoms with Gasteiger partial charge in [0.2, 0.25) is 6.33 Å². The lowest BCUT2D eigenvalue weighted by Crippen LogP contribution is -2.23. The third kappa shape index (κ3) is 1.27. The number of nitrogens with zero attached hydrogens (tertiary/aromatic N) is 2. The van der Waals surface area contributed by atoms with E-state index in [0.717, 1.165) is 11.6 Å². The standard InChI is InChI=1S/C6H10N2S/c1-3-8-5-7(2)4-6(8)9/h4-5H,3H2,1-2H3/p+1. The SMILES string of the molecule is CCn1c[n+](C)cc1S. The van der Waals surface area contributed by atoms with Crippen LogP contribution in [0.15, 0.2) is 17.6 Å². The number of imidazole rings is 1. The van der Waals surface area contributed by atoms with Gasteiger partial charge in [-0.1, -0.05) is 12.6 Å². The molecule has 0 saturated heterocycles. The quantitative estimate of drug-likeness (QED) is 0.436. The second-order valence-electron chi connectivity index (χ2n) is 2.05. The van der Waals surface area contributed by atoms with Crippen molar-refractivity contribution < 1.29 is 4.57 Å². The minimum Gasteiger partial charge on any atom is -0.238 e. The Hall–Kier alpha value is -0.440. The first kappa shape index (κ1) is 6.68. The van der Waals surface area contributed by atoms with Crippen LogP contribution >= 0.6 is 12.6 Å². The zero-order valence-corrected chi connectivity index (χ0v) is 6.60. The number of aromatic nitrogens is 2. The van der Waals surface area contributed by atoms with E-state index in [1.54, 1.807) is 0 Å². The van der Waals surface area contributed by atoms with Crippen LogP contribution in [-0.2, 0) is 13.6 Å². The van der Waals surface area contributed by atoms with E-state index in [-0.39, 0.29) is 0 Å². The molecule has 3 heteroatoms. The minimum absolute atomic E-state index is 0.986. The maximum absolute atomic E-state index is 4.24. The van der Waals surface area contributed by atoms with Crippen molar-refractivity contribution in [2.24, 2.45) is 7.05 Å². The number of aryl methyl sites for hydroxylation is 2. The highest BCUT2D eigenvalue weighted by molar-refractivity contribution is 7.80. The van der Waals surface area contributed by atoms with Crippen LogP contribution in [0.5, 0.6) is 0 Å². The molecule has 0 N–H and O–H groups in total. The number of hydrogen-bond acceptors (Lipinski definition) is 1. The molecule has 50 valence electrons. The summed E-state index contributed by atoms with van der Waals surface area (Å²) in [6, 6.07) is 0. The summed E-state index contributed by atoms with van der Waals surface area (Å²) < 4.78 is 4.06. The largest absolute Gasteiger partial charge is 0.244 e. The summed E-state index contributed by atoms with van der Waals surface area (Å²) in [6.07, 6.45) is 3.99. The zero-order valence-electron chi connectivity index (χ0n) is 5.70. The Morgan fingerprint density at radius 3 is 2.67 bits per heavy atom. The lowest BCUT2D eigenvalue weighted by atomic mass is 10.7. The van der Waals surface area contributed by atoms with E-state index >= 15 is 0 Å². The van der Waals surface area contributed by atoms with E-state index in [1.807, 2.05) is 24.1 Å². The smallest absolute Gasteiger partial charge is 0.238 e. The van der Waals surface area contributed by atoms with Gasteiger partial charge in [0, 0.05) is 0 Å². The van der Waals surface area contributed by atoms with Gasteiger partial charge in [0.05, 0.1) is 13.6 Å². The van der Waals surface area contributed by atoms with Crippen LogP contribution in [0.1, 0.15) is 6.92 Å². The lowest BCUT2D eigenvalue weighted by molar-refractivity contribution is -0.671. The molecule has 0 amide bonds. The number of thiol groups is 1. The van der Waals surface area contributed by atoms with Crippen LogP contribution < -0.4 is 4.57 Å². The highest BCUT2D eigenvalue weighted by atomic mass is 32.1. The summed E-state index contributed by atoms with van der Waals surface area (Å²) >= 11 is 4.24. The molecule has 0 spiro atoms. The molecule has 1 heterocycles. The fourth-order valence-electron chi connectivity index (χ4n) is 0.812. The Labute approximate surface area is 60.5 Å². The third-order valence-electron chi connectivity index (χ3n) is 1.28. The molecule has 2 nitrogen and oxygen atoms in total. The van der Waals surface area contributed by atoms with E-state index in [4.69, 9.17) is 0 Å². The van der Waals surface area contributed by atoms with E-state index in [2.05, 4.69) is 24.1 Å². The predicted molar refractivity (Wildman–Crippen MR) is 38.5 cm³/mol. The van der Waals surface area contributed by atoms with Crippen molar-refractivity contribution in [1.29, 1.82) is 0 Å². The van der Waals surface area contributed by atoms with Gasteiger partial charge in [0.1, 0.15) is 6.20 Å². The van der Waals surface area contributed by atoms with Gasteiger partial charge in [-0.25, -0.2) is 9.13 Å². The van der Waals surface area contributed by atoms with Crippen LogP contribution in [0, 0.1) is 0 Å². The van der Waals surface area contributed by atoms with Crippen LogP contribution in [-0.4, -0.2) is 4.57 Å². The normalized spacial score (nSPS) is 10.1. The van der Waals surface area contributed by atoms with Crippen LogP contribution in [0.4, 0.5) is 0 Å². The third-order valence-corrected chi connectivity index (χ3v) is 1.65. The summed E-state index contributed by atoms with van der Waals surface area (Å²) in [7, 11) is 1.99. The summed E-state index contributed by atoms with van der Waals surface area (Å²) in [6.45, 7) is 3.08. The molecule has 1 aromatic heterocycles. The summed E-state index contributed by atoms with van der Waals surface area (Å²) in [5.74, 6) is 0. The predicted octanol–water partition coefficient (Wildman–Crippen LogP) is 0.621. The molecule has 0 fully saturated rings. The Morgan fingerprint density at radius 1 is 1.78 bits per heavy atom. The molecule has 9 heavy (non-hydrogen) atoms. The van der Waals surface area contributed by atoms with Crippen LogP contribution in [0.25, 0.3) is 0 Å². The van der Waals surface area contributed by atoms with Crippen molar-refractivity contribution in [3.05, 3.63) is 12.5 Å². The van der Waals surface area contributed by atoms with Gasteiger partial charge in [0.25, 0.3) is 0 Å². The van der Waals surface area contributed by atoms with Crippen LogP contribution in [0.2, 0.25) is 0 Å². The van der Waals surface area contributed by atoms with Gasteiger partial charge in [-0.2, -0.15) is 0 Å². The molecule has 0 radical (unpaired) electrons. The molecule has 0 saturated carbocycles. The van der Waals surface area contributed by atoms with Gasteiger partial charge in [-0.3, -0.25) is 0 Å². The molecule has 0 aliphatic heterocycles. The van der Waals surface area contributed by atoms with Crippen molar-refractivity contribution in [2.45, 2.75) is 18.5 Å². The molecule has 0 aliphatic carbocycles. The molecule has 1 aromatic rings. The average Bonchev–Trinajstić information content (AvgIpc) is 2.10. The van der Waals surface area contributed by atoms with E-state index < -0.39 is 0 Å². The molecule has 0 unspecified atom stereocenters. The second-order valence-corrected chi connectivity index (χ2v) is 2.51. The van der Waals surface area contributed by atoms with E-state index in [1.165, 1.54) is 0 Å². The Kier molecular flexibility index (Phi) is 1.81. The summed E-state index contributed by atoms with van der Waals surface area (Å²) in [4.78, 5) is 0. The van der Waals surface area contributed by atoms with Crippen molar-refractivity contribution in [3.63, 3.8) is 0 Å². The molecular weight excluding hydrogens is 132 g/mol. The molecule has 0 aliphatic rings. The number of rotatable bonds is 1. The zero-order chi connectivity index (χ0) is 6.85. The molecule has 0 bridgehead atoms. The maximum atomic E-state index is 4.24. The monoisotopic (exact) mass is 143 g/mol. The molecular formula is C6H11N2S+. The Bertz CT molecular complexity index is 205. The van der Waals surface area contributed by atoms with Crippen molar-refractivity contribution in [2.75, 3.05) is 0 Å². The highest BCUT2D eigenvalue weighted by Gasteiger charge is 2.02. The number of hydrogen-bond donors (Lipinski definition) is 1. The van der Waals surface area contributed by atoms with Gasteiger partial charge in [0.15, 0.2) is 5.03 Å². The fraction of sp³-hybridized carbons (Fsp3) is 0.500. The van der Waals surface area contributed by atoms with Gasteiger partial charge < -0.3 is 0 Å². The van der Waals surface area contributed by atoms with Gasteiger partial charge in [-0.05, 0) is 6.92 Å². The van der Waals surface area contributed by atoms with Crippen molar-refractivity contribution >= 4 is 12.6 Å². The van der Waals surface area contributed by atoms with Gasteiger partial charge >= 0.3 is 0 Å². The molecule has 0 aromatic carbocycles. The maximum Gasteiger partial charge on any atom is 0.244 e. The first-order valence-electron chi connectivity index (χ1n) is 2.98. The minimum atomic E-state index is 0.986. The summed E-state index contributed by atoms with van der Waals surface area (Å²) in [5.41, 5.74) is 0. The Morgan fingerprint density at radius 2 is 2.44 bits per heavy atom.